The molecule has 140 valence electrons. The summed E-state index contributed by atoms with van der Waals surface area (Å²) < 4.78 is 42.6. The molecule has 27 heavy (non-hydrogen) atoms. The van der Waals surface area contributed by atoms with Crippen molar-refractivity contribution in [1.82, 2.24) is 19.7 Å². The van der Waals surface area contributed by atoms with E-state index in [2.05, 4.69) is 10.1 Å². The largest absolute Gasteiger partial charge is 0.341 e. The number of fused-ring (bicyclic) bond motifs is 1. The summed E-state index contributed by atoms with van der Waals surface area (Å²) in [7, 11) is 0. The number of carbonyl (C=O) groups excluding carboxylic acids is 1. The third kappa shape index (κ3) is 3.27. The number of hydrogen-bond acceptors (Lipinski definition) is 3. The maximum absolute atomic E-state index is 14.1. The molecule has 1 amide bonds. The first kappa shape index (κ1) is 17.5. The summed E-state index contributed by atoms with van der Waals surface area (Å²) in [5.74, 6) is -3.86. The van der Waals surface area contributed by atoms with Crippen LogP contribution in [-0.2, 0) is 17.3 Å². The van der Waals surface area contributed by atoms with E-state index in [-0.39, 0.29) is 23.5 Å². The molecule has 0 bridgehead atoms. The van der Waals surface area contributed by atoms with Crippen molar-refractivity contribution in [3.8, 4) is 11.1 Å². The number of hydrogen-bond donors (Lipinski definition) is 0. The number of pyridine rings is 1. The molecule has 3 heterocycles. The zero-order valence-electron chi connectivity index (χ0n) is 14.6. The lowest BCUT2D eigenvalue weighted by Crippen LogP contribution is -2.43. The summed E-state index contributed by atoms with van der Waals surface area (Å²) in [6, 6.07) is 7.57. The Morgan fingerprint density at radius 3 is 2.67 bits per heavy atom. The molecule has 3 aromatic rings. The van der Waals surface area contributed by atoms with Gasteiger partial charge in [0.1, 0.15) is 12.1 Å². The first-order valence-corrected chi connectivity index (χ1v) is 8.61. The molecule has 0 spiro atoms. The van der Waals surface area contributed by atoms with Gasteiger partial charge in [0.05, 0.1) is 5.52 Å². The Hall–Kier alpha value is -2.90. The molecule has 0 saturated carbocycles. The molecule has 0 N–H and O–H groups in total. The van der Waals surface area contributed by atoms with Gasteiger partial charge in [-0.1, -0.05) is 18.2 Å². The third-order valence-corrected chi connectivity index (χ3v) is 4.75. The molecular weight excluding hydrogens is 357 g/mol. The monoisotopic (exact) mass is 374 g/mol. The molecule has 1 aliphatic heterocycles. The zero-order valence-corrected chi connectivity index (χ0v) is 14.6. The highest BCUT2D eigenvalue weighted by Gasteiger charge is 2.25. The van der Waals surface area contributed by atoms with Crippen molar-refractivity contribution < 1.29 is 18.0 Å². The number of nitrogens with zero attached hydrogens (tertiary/aromatic N) is 4. The van der Waals surface area contributed by atoms with Gasteiger partial charge in [-0.25, -0.2) is 13.8 Å². The predicted molar refractivity (Wildman–Crippen MR) is 93.7 cm³/mol. The Kier molecular flexibility index (Phi) is 4.13. The highest BCUT2D eigenvalue weighted by Crippen LogP contribution is 2.31. The van der Waals surface area contributed by atoms with E-state index < -0.39 is 11.9 Å². The highest BCUT2D eigenvalue weighted by atomic mass is 19.3. The van der Waals surface area contributed by atoms with Gasteiger partial charge in [-0.3, -0.25) is 9.48 Å². The van der Waals surface area contributed by atoms with E-state index in [1.54, 1.807) is 17.0 Å². The lowest BCUT2D eigenvalue weighted by molar-refractivity contribution is -0.135. The van der Waals surface area contributed by atoms with Crippen molar-refractivity contribution in [2.24, 2.45) is 0 Å². The second-order valence-electron chi connectivity index (χ2n) is 6.74. The smallest absolute Gasteiger partial charge is 0.270 e. The van der Waals surface area contributed by atoms with Gasteiger partial charge in [0.25, 0.3) is 11.9 Å². The first-order valence-electron chi connectivity index (χ1n) is 8.61. The molecule has 0 unspecified atom stereocenters. The topological polar surface area (TPSA) is 51.0 Å². The van der Waals surface area contributed by atoms with Crippen LogP contribution in [-0.4, -0.2) is 38.7 Å². The van der Waals surface area contributed by atoms with Gasteiger partial charge in [0, 0.05) is 37.3 Å². The van der Waals surface area contributed by atoms with Crippen LogP contribution in [0.4, 0.5) is 13.2 Å². The standard InChI is InChI=1S/C19H17F3N4O/c1-19(21,22)14-5-2-4-12(8-14)13-9-15-17(23-10-13)18(20)24-26(15)11-16(27)25-6-3-7-25/h2,4-5,8-10H,3,6-7,11H2,1H3. The first-order chi connectivity index (χ1) is 12.8. The zero-order chi connectivity index (χ0) is 19.2. The van der Waals surface area contributed by atoms with Crippen LogP contribution in [0.1, 0.15) is 18.9 Å². The van der Waals surface area contributed by atoms with Gasteiger partial charge >= 0.3 is 0 Å². The summed E-state index contributed by atoms with van der Waals surface area (Å²) in [5, 5.41) is 3.78. The predicted octanol–water partition coefficient (Wildman–Crippen LogP) is 3.58. The fraction of sp³-hybridized carbons (Fsp3) is 0.316. The Labute approximate surface area is 153 Å². The summed E-state index contributed by atoms with van der Waals surface area (Å²) in [6.45, 7) is 2.14. The SMILES string of the molecule is CC(F)(F)c1cccc(-c2cnc3c(F)nn(CC(=O)N4CCC4)c3c2)c1. The van der Waals surface area contributed by atoms with Crippen molar-refractivity contribution in [2.75, 3.05) is 13.1 Å². The average Bonchev–Trinajstić information content (AvgIpc) is 2.88. The van der Waals surface area contributed by atoms with Crippen molar-refractivity contribution in [1.29, 1.82) is 0 Å². The summed E-state index contributed by atoms with van der Waals surface area (Å²) in [5.41, 5.74) is 1.37. The Bertz CT molecular complexity index is 1020. The van der Waals surface area contributed by atoms with Crippen LogP contribution in [0.5, 0.6) is 0 Å². The number of aromatic nitrogens is 3. The van der Waals surface area contributed by atoms with Gasteiger partial charge in [0.2, 0.25) is 5.91 Å². The number of rotatable bonds is 4. The average molecular weight is 374 g/mol. The van der Waals surface area contributed by atoms with Gasteiger partial charge in [0.15, 0.2) is 0 Å². The van der Waals surface area contributed by atoms with Crippen LogP contribution in [0.25, 0.3) is 22.2 Å². The van der Waals surface area contributed by atoms with Crippen LogP contribution in [0.3, 0.4) is 0 Å². The molecule has 8 heteroatoms. The van der Waals surface area contributed by atoms with Gasteiger partial charge in [-0.15, -0.1) is 5.10 Å². The second-order valence-corrected chi connectivity index (χ2v) is 6.74. The number of alkyl halides is 2. The maximum Gasteiger partial charge on any atom is 0.270 e. The molecule has 1 saturated heterocycles. The Morgan fingerprint density at radius 2 is 2.00 bits per heavy atom. The summed E-state index contributed by atoms with van der Waals surface area (Å²) in [6.07, 6.45) is 2.38. The maximum atomic E-state index is 14.1. The normalized spacial score (nSPS) is 14.4. The fourth-order valence-electron chi connectivity index (χ4n) is 3.06. The molecule has 1 aromatic carbocycles. The number of amides is 1. The van der Waals surface area contributed by atoms with E-state index in [1.807, 2.05) is 0 Å². The Balaban J connectivity index is 1.73. The molecule has 0 aliphatic carbocycles. The minimum absolute atomic E-state index is 0.0483. The molecular formula is C19H17F3N4O. The van der Waals surface area contributed by atoms with Crippen LogP contribution in [0, 0.1) is 5.95 Å². The molecule has 0 atom stereocenters. The van der Waals surface area contributed by atoms with Crippen molar-refractivity contribution in [2.45, 2.75) is 25.8 Å². The molecule has 1 fully saturated rings. The summed E-state index contributed by atoms with van der Waals surface area (Å²) in [4.78, 5) is 18.0. The van der Waals surface area contributed by atoms with Crippen molar-refractivity contribution in [3.63, 3.8) is 0 Å². The van der Waals surface area contributed by atoms with Crippen LogP contribution >= 0.6 is 0 Å². The minimum atomic E-state index is -2.97. The van der Waals surface area contributed by atoms with Crippen LogP contribution < -0.4 is 0 Å². The molecule has 2 aromatic heterocycles. The molecule has 5 nitrogen and oxygen atoms in total. The Morgan fingerprint density at radius 1 is 1.22 bits per heavy atom. The minimum Gasteiger partial charge on any atom is -0.341 e. The lowest BCUT2D eigenvalue weighted by Gasteiger charge is -2.30. The van der Waals surface area contributed by atoms with Gasteiger partial charge in [-0.2, -0.15) is 4.39 Å². The van der Waals surface area contributed by atoms with Crippen molar-refractivity contribution in [3.05, 3.63) is 48.0 Å². The lowest BCUT2D eigenvalue weighted by atomic mass is 10.0. The number of halogens is 3. The third-order valence-electron chi connectivity index (χ3n) is 4.75. The van der Waals surface area contributed by atoms with E-state index >= 15 is 0 Å². The van der Waals surface area contributed by atoms with E-state index in [0.29, 0.717) is 29.7 Å². The molecule has 0 radical (unpaired) electrons. The molecule has 1 aliphatic rings. The number of carbonyl (C=O) groups is 1. The number of benzene rings is 1. The van der Waals surface area contributed by atoms with E-state index in [9.17, 15) is 18.0 Å². The van der Waals surface area contributed by atoms with Crippen molar-refractivity contribution >= 4 is 16.9 Å². The quantitative estimate of drug-likeness (QED) is 0.701. The van der Waals surface area contributed by atoms with E-state index in [1.165, 1.54) is 29.1 Å². The van der Waals surface area contributed by atoms with Gasteiger partial charge in [-0.05, 0) is 24.1 Å². The molecule has 4 rings (SSSR count). The summed E-state index contributed by atoms with van der Waals surface area (Å²) >= 11 is 0. The second kappa shape index (κ2) is 6.37. The van der Waals surface area contributed by atoms with E-state index in [0.717, 1.165) is 13.3 Å². The fourth-order valence-corrected chi connectivity index (χ4v) is 3.06. The van der Waals surface area contributed by atoms with Gasteiger partial charge < -0.3 is 4.90 Å². The number of likely N-dealkylation sites (tertiary alicyclic amines) is 1. The highest BCUT2D eigenvalue weighted by molar-refractivity contribution is 5.83. The van der Waals surface area contributed by atoms with E-state index in [4.69, 9.17) is 0 Å². The van der Waals surface area contributed by atoms with Crippen LogP contribution in [0.15, 0.2) is 36.5 Å². The van der Waals surface area contributed by atoms with Crippen LogP contribution in [0.2, 0.25) is 0 Å².